The molecule has 0 fully saturated rings. The van der Waals surface area contributed by atoms with Crippen LogP contribution in [0.25, 0.3) is 0 Å². The van der Waals surface area contributed by atoms with Crippen LogP contribution in [0.5, 0.6) is 5.75 Å². The summed E-state index contributed by atoms with van der Waals surface area (Å²) in [6.07, 6.45) is -0.741. The highest BCUT2D eigenvalue weighted by Crippen LogP contribution is 2.24. The van der Waals surface area contributed by atoms with Gasteiger partial charge in [0.05, 0.1) is 0 Å². The number of nitrogens with one attached hydrogen (secondary N) is 2. The molecular formula is C16H25FN2O2. The van der Waals surface area contributed by atoms with E-state index >= 15 is 0 Å². The van der Waals surface area contributed by atoms with Crippen LogP contribution in [0.2, 0.25) is 0 Å². The lowest BCUT2D eigenvalue weighted by Gasteiger charge is -2.23. The molecular weight excluding hydrogens is 271 g/mol. The molecule has 0 aliphatic carbocycles. The van der Waals surface area contributed by atoms with Crippen molar-refractivity contribution in [2.75, 3.05) is 6.54 Å². The number of halogens is 1. The van der Waals surface area contributed by atoms with Gasteiger partial charge in [-0.25, -0.2) is 4.39 Å². The second-order valence-corrected chi connectivity index (χ2v) is 5.99. The molecule has 0 heterocycles. The second-order valence-electron chi connectivity index (χ2n) is 5.99. The molecule has 0 bridgehead atoms. The van der Waals surface area contributed by atoms with Gasteiger partial charge in [-0.05, 0) is 40.7 Å². The van der Waals surface area contributed by atoms with Crippen molar-refractivity contribution < 1.29 is 13.9 Å². The monoisotopic (exact) mass is 296 g/mol. The molecule has 0 spiro atoms. The Kier molecular flexibility index (Phi) is 6.15. The number of ether oxygens (including phenoxy) is 1. The van der Waals surface area contributed by atoms with Gasteiger partial charge in [0.2, 0.25) is 0 Å². The summed E-state index contributed by atoms with van der Waals surface area (Å²) in [4.78, 5) is 11.7. The van der Waals surface area contributed by atoms with Gasteiger partial charge < -0.3 is 15.4 Å². The fourth-order valence-electron chi connectivity index (χ4n) is 1.73. The maximum atomic E-state index is 14.0. The minimum absolute atomic E-state index is 0.0885. The van der Waals surface area contributed by atoms with Crippen LogP contribution < -0.4 is 15.4 Å². The van der Waals surface area contributed by atoms with Crippen molar-refractivity contribution in [2.45, 2.75) is 52.8 Å². The summed E-state index contributed by atoms with van der Waals surface area (Å²) in [6.45, 7) is 10.5. The van der Waals surface area contributed by atoms with Crippen molar-refractivity contribution in [3.8, 4) is 5.75 Å². The van der Waals surface area contributed by atoms with Crippen LogP contribution in [0.3, 0.4) is 0 Å². The molecule has 0 aliphatic heterocycles. The van der Waals surface area contributed by atoms with E-state index in [0.717, 1.165) is 0 Å². The molecule has 21 heavy (non-hydrogen) atoms. The largest absolute Gasteiger partial charge is 0.477 e. The van der Waals surface area contributed by atoms with Crippen LogP contribution in [0.4, 0.5) is 4.39 Å². The fourth-order valence-corrected chi connectivity index (χ4v) is 1.73. The van der Waals surface area contributed by atoms with E-state index in [1.54, 1.807) is 19.1 Å². The Morgan fingerprint density at radius 2 is 2.05 bits per heavy atom. The van der Waals surface area contributed by atoms with Gasteiger partial charge in [-0.15, -0.1) is 0 Å². The average molecular weight is 296 g/mol. The van der Waals surface area contributed by atoms with E-state index in [2.05, 4.69) is 10.6 Å². The number of para-hydroxylation sites is 1. The van der Waals surface area contributed by atoms with E-state index < -0.39 is 11.9 Å². The third-order valence-electron chi connectivity index (χ3n) is 2.87. The Labute approximate surface area is 126 Å². The number of amides is 1. The number of likely N-dealkylation sites (N-methyl/N-ethyl adjacent to an activating group) is 1. The summed E-state index contributed by atoms with van der Waals surface area (Å²) < 4.78 is 19.5. The van der Waals surface area contributed by atoms with Crippen LogP contribution in [-0.4, -0.2) is 24.1 Å². The Balaban J connectivity index is 2.87. The van der Waals surface area contributed by atoms with E-state index in [0.29, 0.717) is 18.7 Å². The van der Waals surface area contributed by atoms with Crippen molar-refractivity contribution in [3.05, 3.63) is 29.6 Å². The normalized spacial score (nSPS) is 12.9. The summed E-state index contributed by atoms with van der Waals surface area (Å²) in [7, 11) is 0. The van der Waals surface area contributed by atoms with Gasteiger partial charge in [-0.2, -0.15) is 0 Å². The van der Waals surface area contributed by atoms with E-state index in [1.165, 1.54) is 6.07 Å². The predicted molar refractivity (Wildman–Crippen MR) is 81.8 cm³/mol. The highest BCUT2D eigenvalue weighted by Gasteiger charge is 2.19. The maximum Gasteiger partial charge on any atom is 0.260 e. The quantitative estimate of drug-likeness (QED) is 0.848. The molecule has 1 amide bonds. The van der Waals surface area contributed by atoms with E-state index in [-0.39, 0.29) is 17.2 Å². The van der Waals surface area contributed by atoms with Gasteiger partial charge in [0.1, 0.15) is 0 Å². The lowest BCUT2D eigenvalue weighted by atomic mass is 10.1. The van der Waals surface area contributed by atoms with Crippen molar-refractivity contribution in [3.63, 3.8) is 0 Å². The van der Waals surface area contributed by atoms with Crippen LogP contribution in [0, 0.1) is 5.82 Å². The molecule has 2 N–H and O–H groups in total. The zero-order valence-electron chi connectivity index (χ0n) is 13.4. The van der Waals surface area contributed by atoms with Crippen molar-refractivity contribution in [1.82, 2.24) is 10.6 Å². The summed E-state index contributed by atoms with van der Waals surface area (Å²) in [6, 6.07) is 4.76. The smallest absolute Gasteiger partial charge is 0.260 e. The van der Waals surface area contributed by atoms with Gasteiger partial charge in [0.15, 0.2) is 17.7 Å². The molecule has 0 radical (unpaired) electrons. The van der Waals surface area contributed by atoms with Crippen LogP contribution in [0.15, 0.2) is 18.2 Å². The van der Waals surface area contributed by atoms with Crippen molar-refractivity contribution in [2.24, 2.45) is 0 Å². The molecule has 0 aliphatic rings. The van der Waals surface area contributed by atoms with Gasteiger partial charge in [0, 0.05) is 24.2 Å². The van der Waals surface area contributed by atoms with Crippen molar-refractivity contribution in [1.29, 1.82) is 0 Å². The summed E-state index contributed by atoms with van der Waals surface area (Å²) in [5.74, 6) is -0.581. The van der Waals surface area contributed by atoms with E-state index in [4.69, 9.17) is 4.74 Å². The molecule has 1 unspecified atom stereocenters. The first-order valence-electron chi connectivity index (χ1n) is 7.21. The van der Waals surface area contributed by atoms with Gasteiger partial charge in [0.25, 0.3) is 5.91 Å². The summed E-state index contributed by atoms with van der Waals surface area (Å²) >= 11 is 0. The Bertz CT molecular complexity index is 484. The molecule has 4 nitrogen and oxygen atoms in total. The SMILES string of the molecule is CCNC(=O)C(C)Oc1c(F)cccc1CNC(C)(C)C. The molecule has 5 heteroatoms. The molecule has 0 aromatic heterocycles. The van der Waals surface area contributed by atoms with Crippen LogP contribution in [0.1, 0.15) is 40.2 Å². The second kappa shape index (κ2) is 7.41. The first kappa shape index (κ1) is 17.4. The molecule has 1 rings (SSSR count). The zero-order valence-corrected chi connectivity index (χ0v) is 13.4. The molecule has 1 aromatic rings. The Hall–Kier alpha value is -1.62. The highest BCUT2D eigenvalue weighted by atomic mass is 19.1. The minimum Gasteiger partial charge on any atom is -0.477 e. The number of carbonyl (C=O) groups is 1. The fraction of sp³-hybridized carbons (Fsp3) is 0.562. The third-order valence-corrected chi connectivity index (χ3v) is 2.87. The minimum atomic E-state index is -0.741. The van der Waals surface area contributed by atoms with E-state index in [9.17, 15) is 9.18 Å². The zero-order chi connectivity index (χ0) is 16.0. The van der Waals surface area contributed by atoms with Gasteiger partial charge in [-0.1, -0.05) is 12.1 Å². The van der Waals surface area contributed by atoms with Gasteiger partial charge in [-0.3, -0.25) is 4.79 Å². The predicted octanol–water partition coefficient (Wildman–Crippen LogP) is 2.62. The lowest BCUT2D eigenvalue weighted by Crippen LogP contribution is -2.37. The lowest BCUT2D eigenvalue weighted by molar-refractivity contribution is -0.127. The van der Waals surface area contributed by atoms with Gasteiger partial charge >= 0.3 is 0 Å². The van der Waals surface area contributed by atoms with Crippen molar-refractivity contribution >= 4 is 5.91 Å². The molecule has 1 atom stereocenters. The molecule has 0 saturated heterocycles. The molecule has 0 saturated carbocycles. The number of carbonyl (C=O) groups excluding carboxylic acids is 1. The number of hydrogen-bond acceptors (Lipinski definition) is 3. The third kappa shape index (κ3) is 5.71. The molecule has 118 valence electrons. The number of rotatable bonds is 6. The topological polar surface area (TPSA) is 50.4 Å². The first-order chi connectivity index (χ1) is 9.74. The standard InChI is InChI=1S/C16H25FN2O2/c1-6-18-15(20)11(2)21-14-12(8-7-9-13(14)17)10-19-16(3,4)5/h7-9,11,19H,6,10H2,1-5H3,(H,18,20). The first-order valence-corrected chi connectivity index (χ1v) is 7.21. The van der Waals surface area contributed by atoms with Crippen LogP contribution >= 0.6 is 0 Å². The number of hydrogen-bond donors (Lipinski definition) is 2. The maximum absolute atomic E-state index is 14.0. The molecule has 1 aromatic carbocycles. The Morgan fingerprint density at radius 3 is 2.62 bits per heavy atom. The highest BCUT2D eigenvalue weighted by molar-refractivity contribution is 5.80. The number of benzene rings is 1. The summed E-state index contributed by atoms with van der Waals surface area (Å²) in [5.41, 5.74) is 0.607. The summed E-state index contributed by atoms with van der Waals surface area (Å²) in [5, 5.41) is 5.94. The Morgan fingerprint density at radius 1 is 1.38 bits per heavy atom. The van der Waals surface area contributed by atoms with Crippen LogP contribution in [-0.2, 0) is 11.3 Å². The van der Waals surface area contributed by atoms with E-state index in [1.807, 2.05) is 27.7 Å². The average Bonchev–Trinajstić information content (AvgIpc) is 2.38.